The van der Waals surface area contributed by atoms with E-state index in [4.69, 9.17) is 4.52 Å². The largest absolute Gasteiger partial charge is 0.318 e. The first-order valence-corrected chi connectivity index (χ1v) is 5.81. The van der Waals surface area contributed by atoms with Gasteiger partial charge in [0.05, 0.1) is 6.61 Å². The van der Waals surface area contributed by atoms with E-state index in [-0.39, 0.29) is 0 Å². The van der Waals surface area contributed by atoms with Crippen molar-refractivity contribution >= 4 is 7.52 Å². The zero-order valence-corrected chi connectivity index (χ0v) is 8.28. The predicted octanol–water partition coefficient (Wildman–Crippen LogP) is 0.655. The molecule has 0 aromatic heterocycles. The molecule has 0 aromatic carbocycles. The van der Waals surface area contributed by atoms with Gasteiger partial charge in [-0.2, -0.15) is 0 Å². The van der Waals surface area contributed by atoms with Gasteiger partial charge in [0.25, 0.3) is 7.52 Å². The topological polar surface area (TPSA) is 50.4 Å². The fraction of sp³-hybridized carbons (Fsp3) is 1.00. The first-order valence-electron chi connectivity index (χ1n) is 3.74. The Balaban J connectivity index is 3.47. The van der Waals surface area contributed by atoms with Gasteiger partial charge in [0.2, 0.25) is 0 Å². The molecule has 0 amide bonds. The first kappa shape index (κ1) is 11.1. The lowest BCUT2D eigenvalue weighted by molar-refractivity contribution is 0.329. The van der Waals surface area contributed by atoms with Crippen LogP contribution in [-0.4, -0.2) is 33.4 Å². The summed E-state index contributed by atoms with van der Waals surface area (Å²) in [4.78, 5) is 0. The smallest absolute Gasteiger partial charge is 0.266 e. The number of nitrogens with one attached hydrogen (secondary N) is 2. The average molecular weight is 180 g/mol. The summed E-state index contributed by atoms with van der Waals surface area (Å²) in [7, 11) is -0.662. The van der Waals surface area contributed by atoms with E-state index in [0.717, 1.165) is 6.54 Å². The molecule has 11 heavy (non-hydrogen) atoms. The van der Waals surface area contributed by atoms with Gasteiger partial charge in [0, 0.05) is 19.8 Å². The minimum absolute atomic E-state index is 0.486. The molecule has 1 atom stereocenters. The van der Waals surface area contributed by atoms with Crippen LogP contribution in [0.4, 0.5) is 0 Å². The van der Waals surface area contributed by atoms with Gasteiger partial charge >= 0.3 is 0 Å². The molecule has 68 valence electrons. The van der Waals surface area contributed by atoms with Gasteiger partial charge in [0.15, 0.2) is 0 Å². The van der Waals surface area contributed by atoms with Crippen molar-refractivity contribution in [2.24, 2.45) is 0 Å². The van der Waals surface area contributed by atoms with Crippen molar-refractivity contribution in [3.8, 4) is 0 Å². The lowest BCUT2D eigenvalue weighted by Crippen LogP contribution is -2.23. The average Bonchev–Trinajstić information content (AvgIpc) is 1.87. The van der Waals surface area contributed by atoms with E-state index in [9.17, 15) is 4.57 Å². The minimum atomic E-state index is -2.51. The summed E-state index contributed by atoms with van der Waals surface area (Å²) in [6.45, 7) is 5.37. The third-order valence-corrected chi connectivity index (χ3v) is 2.70. The van der Waals surface area contributed by atoms with Gasteiger partial charge in [-0.15, -0.1) is 0 Å². The minimum Gasteiger partial charge on any atom is -0.318 e. The molecule has 0 bridgehead atoms. The Hall–Kier alpha value is 0.110. The second-order valence-electron chi connectivity index (χ2n) is 2.28. The zero-order valence-electron chi connectivity index (χ0n) is 7.39. The molecule has 0 saturated heterocycles. The summed E-state index contributed by atoms with van der Waals surface area (Å²) < 4.78 is 16.3. The molecule has 0 rings (SSSR count). The molecule has 0 aliphatic carbocycles. The fourth-order valence-corrected chi connectivity index (χ4v) is 1.78. The predicted molar refractivity (Wildman–Crippen MR) is 47.1 cm³/mol. The van der Waals surface area contributed by atoms with E-state index in [0.29, 0.717) is 13.2 Å². The van der Waals surface area contributed by atoms with Crippen molar-refractivity contribution in [2.75, 3.05) is 33.4 Å². The lowest BCUT2D eigenvalue weighted by atomic mass is 10.7. The molecule has 0 aromatic rings. The Labute approximate surface area is 68.2 Å². The van der Waals surface area contributed by atoms with E-state index < -0.39 is 7.52 Å². The molecule has 0 unspecified atom stereocenters. The Morgan fingerprint density at radius 3 is 2.55 bits per heavy atom. The second-order valence-corrected chi connectivity index (χ2v) is 4.54. The summed E-state index contributed by atoms with van der Waals surface area (Å²) >= 11 is 0. The summed E-state index contributed by atoms with van der Waals surface area (Å²) in [5, 5.41) is 5.77. The molecule has 4 nitrogen and oxygen atoms in total. The Bertz CT molecular complexity index is 141. The van der Waals surface area contributed by atoms with Crippen LogP contribution in [0.1, 0.15) is 6.92 Å². The van der Waals surface area contributed by atoms with E-state index in [1.165, 1.54) is 0 Å². The van der Waals surface area contributed by atoms with Crippen molar-refractivity contribution in [1.82, 2.24) is 10.4 Å². The van der Waals surface area contributed by atoms with Gasteiger partial charge in [-0.3, -0.25) is 4.57 Å². The monoisotopic (exact) mass is 180 g/mol. The van der Waals surface area contributed by atoms with Gasteiger partial charge in [0.1, 0.15) is 0 Å². The SMILES string of the molecule is CCO[P@](C)(=O)NCCNC. The van der Waals surface area contributed by atoms with E-state index in [1.807, 2.05) is 14.0 Å². The molecule has 0 aliphatic rings. The third kappa shape index (κ3) is 6.51. The van der Waals surface area contributed by atoms with Crippen molar-refractivity contribution < 1.29 is 9.09 Å². The van der Waals surface area contributed by atoms with Gasteiger partial charge in [-0.25, -0.2) is 5.09 Å². The van der Waals surface area contributed by atoms with Crippen molar-refractivity contribution in [1.29, 1.82) is 0 Å². The highest BCUT2D eigenvalue weighted by Crippen LogP contribution is 2.36. The molecular formula is C6H17N2O2P. The van der Waals surface area contributed by atoms with Crippen molar-refractivity contribution in [3.63, 3.8) is 0 Å². The van der Waals surface area contributed by atoms with Crippen LogP contribution in [0.15, 0.2) is 0 Å². The van der Waals surface area contributed by atoms with Crippen LogP contribution in [-0.2, 0) is 9.09 Å². The number of hydrogen-bond donors (Lipinski definition) is 2. The molecular weight excluding hydrogens is 163 g/mol. The Kier molecular flexibility index (Phi) is 5.78. The maximum Gasteiger partial charge on any atom is 0.266 e. The normalized spacial score (nSPS) is 16.3. The van der Waals surface area contributed by atoms with Crippen LogP contribution in [0.25, 0.3) is 0 Å². The molecule has 2 N–H and O–H groups in total. The molecule has 0 radical (unpaired) electrons. The number of likely N-dealkylation sites (N-methyl/N-ethyl adjacent to an activating group) is 1. The zero-order chi connectivity index (χ0) is 8.74. The van der Waals surface area contributed by atoms with Gasteiger partial charge in [-0.1, -0.05) is 0 Å². The van der Waals surface area contributed by atoms with Crippen LogP contribution < -0.4 is 10.4 Å². The van der Waals surface area contributed by atoms with Crippen LogP contribution in [0.2, 0.25) is 0 Å². The molecule has 0 saturated carbocycles. The van der Waals surface area contributed by atoms with Crippen LogP contribution in [0, 0.1) is 0 Å². The van der Waals surface area contributed by atoms with Crippen LogP contribution in [0.5, 0.6) is 0 Å². The summed E-state index contributed by atoms with van der Waals surface area (Å²) in [5.74, 6) is 0. The molecule has 0 spiro atoms. The van der Waals surface area contributed by atoms with Crippen LogP contribution >= 0.6 is 7.52 Å². The van der Waals surface area contributed by atoms with Crippen molar-refractivity contribution in [2.45, 2.75) is 6.92 Å². The molecule has 5 heteroatoms. The maximum absolute atomic E-state index is 11.3. The maximum atomic E-state index is 11.3. The lowest BCUT2D eigenvalue weighted by Gasteiger charge is -2.13. The number of rotatable bonds is 6. The highest BCUT2D eigenvalue weighted by molar-refractivity contribution is 7.56. The molecule has 0 heterocycles. The standard InChI is InChI=1S/C6H17N2O2P/c1-4-10-11(3,9)8-6-5-7-2/h7H,4-6H2,1-3H3,(H,8,9)/t11-/m0/s1. The highest BCUT2D eigenvalue weighted by Gasteiger charge is 2.11. The summed E-state index contributed by atoms with van der Waals surface area (Å²) in [5.41, 5.74) is 0. The van der Waals surface area contributed by atoms with E-state index in [2.05, 4.69) is 10.4 Å². The third-order valence-electron chi connectivity index (χ3n) is 1.15. The van der Waals surface area contributed by atoms with E-state index >= 15 is 0 Å². The quantitative estimate of drug-likeness (QED) is 0.465. The van der Waals surface area contributed by atoms with Crippen LogP contribution in [0.3, 0.4) is 0 Å². The summed E-state index contributed by atoms with van der Waals surface area (Å²) in [6, 6.07) is 0. The Morgan fingerprint density at radius 1 is 1.45 bits per heavy atom. The number of hydrogen-bond acceptors (Lipinski definition) is 3. The van der Waals surface area contributed by atoms with Crippen molar-refractivity contribution in [3.05, 3.63) is 0 Å². The highest BCUT2D eigenvalue weighted by atomic mass is 31.2. The Morgan fingerprint density at radius 2 is 2.09 bits per heavy atom. The molecule has 0 aliphatic heterocycles. The summed E-state index contributed by atoms with van der Waals surface area (Å²) in [6.07, 6.45) is 0. The fourth-order valence-electron chi connectivity index (χ4n) is 0.676. The van der Waals surface area contributed by atoms with Gasteiger partial charge in [-0.05, 0) is 14.0 Å². The first-order chi connectivity index (χ1) is 5.12. The second kappa shape index (κ2) is 5.72. The van der Waals surface area contributed by atoms with Gasteiger partial charge < -0.3 is 9.84 Å². The molecule has 0 fully saturated rings. The van der Waals surface area contributed by atoms with E-state index in [1.54, 1.807) is 6.66 Å².